The van der Waals surface area contributed by atoms with Crippen molar-refractivity contribution >= 4 is 0 Å². The maximum Gasteiger partial charge on any atom is 0.401 e. The van der Waals surface area contributed by atoms with E-state index in [-0.39, 0.29) is 6.54 Å². The van der Waals surface area contributed by atoms with Gasteiger partial charge in [-0.25, -0.2) is 0 Å². The number of halogens is 3. The predicted molar refractivity (Wildman–Crippen MR) is 59.7 cm³/mol. The molecule has 0 saturated carbocycles. The van der Waals surface area contributed by atoms with Crippen LogP contribution in [0.15, 0.2) is 0 Å². The van der Waals surface area contributed by atoms with E-state index >= 15 is 0 Å². The molecule has 0 spiro atoms. The first-order chi connectivity index (χ1) is 7.85. The van der Waals surface area contributed by atoms with Crippen LogP contribution >= 0.6 is 0 Å². The average Bonchev–Trinajstić information content (AvgIpc) is 2.51. The van der Waals surface area contributed by atoms with Gasteiger partial charge in [0, 0.05) is 24.2 Å². The van der Waals surface area contributed by atoms with E-state index in [1.165, 1.54) is 0 Å². The first-order valence-electron chi connectivity index (χ1n) is 6.09. The van der Waals surface area contributed by atoms with Gasteiger partial charge in [-0.3, -0.25) is 0 Å². The van der Waals surface area contributed by atoms with Gasteiger partial charge < -0.3 is 16.0 Å². The highest BCUT2D eigenvalue weighted by Crippen LogP contribution is 2.39. The van der Waals surface area contributed by atoms with Gasteiger partial charge in [-0.2, -0.15) is 13.2 Å². The molecule has 3 N–H and O–H groups in total. The molecule has 2 fully saturated rings. The smallest absolute Gasteiger partial charge is 0.329 e. The second kappa shape index (κ2) is 4.40. The number of rotatable bonds is 3. The Labute approximate surface area is 99.5 Å². The molecule has 0 aromatic carbocycles. The van der Waals surface area contributed by atoms with Crippen molar-refractivity contribution in [2.24, 2.45) is 5.73 Å². The molecule has 2 unspecified atom stereocenters. The molecule has 0 radical (unpaired) electrons. The Kier molecular flexibility index (Phi) is 3.40. The van der Waals surface area contributed by atoms with Gasteiger partial charge in [-0.05, 0) is 32.7 Å². The third-order valence-electron chi connectivity index (χ3n) is 4.29. The Balaban J connectivity index is 2.01. The second-order valence-corrected chi connectivity index (χ2v) is 5.41. The lowest BCUT2D eigenvalue weighted by Crippen LogP contribution is -2.61. The fraction of sp³-hybridized carbons (Fsp3) is 1.00. The number of piperidine rings is 1. The van der Waals surface area contributed by atoms with Crippen LogP contribution in [0.3, 0.4) is 0 Å². The SMILES string of the molecule is CN1C2CCC1CC(CN)(NCC(F)(F)F)C2. The monoisotopic (exact) mass is 251 g/mol. The largest absolute Gasteiger partial charge is 0.401 e. The first-order valence-corrected chi connectivity index (χ1v) is 6.09. The maximum absolute atomic E-state index is 12.3. The van der Waals surface area contributed by atoms with Gasteiger partial charge in [-0.15, -0.1) is 0 Å². The molecule has 2 aliphatic rings. The van der Waals surface area contributed by atoms with E-state index in [9.17, 15) is 13.2 Å². The summed E-state index contributed by atoms with van der Waals surface area (Å²) in [4.78, 5) is 2.29. The molecule has 6 heteroatoms. The normalized spacial score (nSPS) is 38.6. The van der Waals surface area contributed by atoms with Crippen molar-refractivity contribution in [2.45, 2.75) is 49.5 Å². The van der Waals surface area contributed by atoms with Gasteiger partial charge >= 0.3 is 6.18 Å². The third kappa shape index (κ3) is 2.74. The van der Waals surface area contributed by atoms with E-state index in [0.29, 0.717) is 12.1 Å². The van der Waals surface area contributed by atoms with Crippen molar-refractivity contribution < 1.29 is 13.2 Å². The van der Waals surface area contributed by atoms with Crippen molar-refractivity contribution in [1.29, 1.82) is 0 Å². The van der Waals surface area contributed by atoms with Crippen molar-refractivity contribution in [2.75, 3.05) is 20.1 Å². The van der Waals surface area contributed by atoms with Crippen LogP contribution in [0.25, 0.3) is 0 Å². The van der Waals surface area contributed by atoms with Crippen molar-refractivity contribution in [1.82, 2.24) is 10.2 Å². The summed E-state index contributed by atoms with van der Waals surface area (Å²) in [5.74, 6) is 0. The minimum atomic E-state index is -4.16. The van der Waals surface area contributed by atoms with E-state index in [0.717, 1.165) is 25.7 Å². The van der Waals surface area contributed by atoms with Crippen LogP contribution in [0.1, 0.15) is 25.7 Å². The minimum absolute atomic E-state index is 0.282. The van der Waals surface area contributed by atoms with Crippen molar-refractivity contribution in [3.63, 3.8) is 0 Å². The number of nitrogens with one attached hydrogen (secondary N) is 1. The van der Waals surface area contributed by atoms with Crippen LogP contribution in [-0.4, -0.2) is 48.8 Å². The summed E-state index contributed by atoms with van der Waals surface area (Å²) < 4.78 is 36.9. The van der Waals surface area contributed by atoms with E-state index in [1.807, 2.05) is 0 Å². The molecule has 17 heavy (non-hydrogen) atoms. The molecule has 0 aromatic rings. The van der Waals surface area contributed by atoms with Gasteiger partial charge in [0.1, 0.15) is 0 Å². The molecular formula is C11H20F3N3. The number of hydrogen-bond acceptors (Lipinski definition) is 3. The Morgan fingerprint density at radius 1 is 1.29 bits per heavy atom. The molecule has 0 aromatic heterocycles. The third-order valence-corrected chi connectivity index (χ3v) is 4.29. The Hall–Kier alpha value is -0.330. The first kappa shape index (κ1) is 13.1. The number of fused-ring (bicyclic) bond motifs is 2. The number of alkyl halides is 3. The average molecular weight is 251 g/mol. The molecule has 0 aliphatic carbocycles. The highest BCUT2D eigenvalue weighted by atomic mass is 19.4. The summed E-state index contributed by atoms with van der Waals surface area (Å²) in [6, 6.07) is 0.774. The van der Waals surface area contributed by atoms with Crippen LogP contribution in [0, 0.1) is 0 Å². The topological polar surface area (TPSA) is 41.3 Å². The molecular weight excluding hydrogens is 231 g/mol. The molecule has 2 aliphatic heterocycles. The molecule has 2 bridgehead atoms. The van der Waals surface area contributed by atoms with Gasteiger partial charge in [0.15, 0.2) is 0 Å². The number of hydrogen-bond donors (Lipinski definition) is 2. The zero-order valence-electron chi connectivity index (χ0n) is 10.1. The summed E-state index contributed by atoms with van der Waals surface area (Å²) in [6.45, 7) is -0.655. The minimum Gasteiger partial charge on any atom is -0.329 e. The predicted octanol–water partition coefficient (Wildman–Crippen LogP) is 1.09. The summed E-state index contributed by atoms with van der Waals surface area (Å²) >= 11 is 0. The fourth-order valence-corrected chi connectivity index (χ4v) is 3.24. The van der Waals surface area contributed by atoms with Crippen molar-refractivity contribution in [3.05, 3.63) is 0 Å². The quantitative estimate of drug-likeness (QED) is 0.789. The van der Waals surface area contributed by atoms with Crippen molar-refractivity contribution in [3.8, 4) is 0 Å². The van der Waals surface area contributed by atoms with E-state index in [4.69, 9.17) is 5.73 Å². The van der Waals surface area contributed by atoms with E-state index in [2.05, 4.69) is 17.3 Å². The second-order valence-electron chi connectivity index (χ2n) is 5.41. The lowest BCUT2D eigenvalue weighted by Gasteiger charge is -2.45. The zero-order valence-corrected chi connectivity index (χ0v) is 10.1. The van der Waals surface area contributed by atoms with Gasteiger partial charge in [0.25, 0.3) is 0 Å². The fourth-order valence-electron chi connectivity index (χ4n) is 3.24. The van der Waals surface area contributed by atoms with E-state index < -0.39 is 18.3 Å². The summed E-state index contributed by atoms with van der Waals surface area (Å²) in [7, 11) is 2.06. The number of nitrogens with two attached hydrogens (primary N) is 1. The summed E-state index contributed by atoms with van der Waals surface area (Å²) in [5.41, 5.74) is 5.20. The van der Waals surface area contributed by atoms with Crippen LogP contribution in [0.5, 0.6) is 0 Å². The highest BCUT2D eigenvalue weighted by Gasteiger charge is 2.47. The number of nitrogens with zero attached hydrogens (tertiary/aromatic N) is 1. The molecule has 0 amide bonds. The molecule has 100 valence electrons. The van der Waals surface area contributed by atoms with Gasteiger partial charge in [0.2, 0.25) is 0 Å². The maximum atomic E-state index is 12.3. The molecule has 2 saturated heterocycles. The van der Waals surface area contributed by atoms with E-state index in [1.54, 1.807) is 0 Å². The lowest BCUT2D eigenvalue weighted by atomic mass is 9.83. The van der Waals surface area contributed by atoms with Gasteiger partial charge in [0.05, 0.1) is 6.54 Å². The Morgan fingerprint density at radius 2 is 1.82 bits per heavy atom. The van der Waals surface area contributed by atoms with Crippen LogP contribution in [0.4, 0.5) is 13.2 Å². The molecule has 2 atom stereocenters. The zero-order chi connectivity index (χ0) is 12.7. The van der Waals surface area contributed by atoms with Crippen LogP contribution < -0.4 is 11.1 Å². The van der Waals surface area contributed by atoms with Crippen LogP contribution in [0.2, 0.25) is 0 Å². The van der Waals surface area contributed by atoms with Gasteiger partial charge in [-0.1, -0.05) is 0 Å². The molecule has 3 nitrogen and oxygen atoms in total. The standard InChI is InChI=1S/C11H20F3N3/c1-17-8-2-3-9(17)5-10(4-8,6-15)16-7-11(12,13)14/h8-9,16H,2-7,15H2,1H3. The van der Waals surface area contributed by atoms with Crippen LogP contribution in [-0.2, 0) is 0 Å². The Morgan fingerprint density at radius 3 is 2.24 bits per heavy atom. The highest BCUT2D eigenvalue weighted by molar-refractivity contribution is 5.05. The lowest BCUT2D eigenvalue weighted by molar-refractivity contribution is -0.130. The summed E-state index contributed by atoms with van der Waals surface area (Å²) in [5, 5.41) is 2.67. The molecule has 2 rings (SSSR count). The summed E-state index contributed by atoms with van der Waals surface area (Å²) in [6.07, 6.45) is -0.545. The Bertz CT molecular complexity index is 266. The molecule has 2 heterocycles.